The van der Waals surface area contributed by atoms with Crippen molar-refractivity contribution in [2.45, 2.75) is 31.8 Å². The van der Waals surface area contributed by atoms with E-state index in [1.54, 1.807) is 37.5 Å². The third-order valence-electron chi connectivity index (χ3n) is 5.81. The molecule has 4 aromatic rings. The molecule has 2 heterocycles. The van der Waals surface area contributed by atoms with E-state index in [9.17, 15) is 9.18 Å². The number of amides is 1. The van der Waals surface area contributed by atoms with E-state index in [2.05, 4.69) is 15.4 Å². The number of halogens is 2. The molecule has 0 aliphatic heterocycles. The van der Waals surface area contributed by atoms with Crippen molar-refractivity contribution < 1.29 is 13.9 Å². The van der Waals surface area contributed by atoms with E-state index < -0.39 is 12.2 Å². The van der Waals surface area contributed by atoms with Gasteiger partial charge in [0.1, 0.15) is 17.7 Å². The van der Waals surface area contributed by atoms with Crippen LogP contribution in [0.2, 0.25) is 5.02 Å². The summed E-state index contributed by atoms with van der Waals surface area (Å²) in [5.74, 6) is 0.592. The fraction of sp³-hybridized carbons (Fsp3) is 0.192. The minimum absolute atomic E-state index is 0.186. The Hall–Kier alpha value is -3.71. The van der Waals surface area contributed by atoms with E-state index in [4.69, 9.17) is 16.3 Å². The summed E-state index contributed by atoms with van der Waals surface area (Å²) in [5, 5.41) is 7.50. The summed E-state index contributed by atoms with van der Waals surface area (Å²) >= 11 is 6.19. The van der Waals surface area contributed by atoms with Crippen LogP contribution in [-0.2, 0) is 4.74 Å². The number of rotatable bonds is 6. The molecule has 1 atom stereocenters. The molecule has 172 valence electrons. The van der Waals surface area contributed by atoms with Crippen LogP contribution >= 0.6 is 11.6 Å². The highest BCUT2D eigenvalue weighted by atomic mass is 35.5. The summed E-state index contributed by atoms with van der Waals surface area (Å²) in [5.41, 5.74) is 3.50. The van der Waals surface area contributed by atoms with Crippen LogP contribution in [0.1, 0.15) is 42.9 Å². The van der Waals surface area contributed by atoms with Crippen LogP contribution in [0.5, 0.6) is 0 Å². The third kappa shape index (κ3) is 4.65. The number of carbonyl (C=O) groups is 1. The zero-order valence-electron chi connectivity index (χ0n) is 18.4. The first-order chi connectivity index (χ1) is 16.5. The lowest BCUT2D eigenvalue weighted by Gasteiger charge is -2.16. The average molecular weight is 477 g/mol. The van der Waals surface area contributed by atoms with Crippen molar-refractivity contribution in [2.75, 3.05) is 5.32 Å². The van der Waals surface area contributed by atoms with E-state index in [1.807, 2.05) is 36.4 Å². The Labute approximate surface area is 201 Å². The van der Waals surface area contributed by atoms with E-state index in [0.717, 1.165) is 18.4 Å². The maximum absolute atomic E-state index is 14.4. The van der Waals surface area contributed by atoms with Gasteiger partial charge in [-0.05, 0) is 55.5 Å². The number of benzene rings is 2. The molecule has 0 saturated heterocycles. The number of ether oxygens (including phenoxy) is 1. The molecule has 2 aromatic heterocycles. The predicted molar refractivity (Wildman–Crippen MR) is 129 cm³/mol. The number of nitrogens with zero attached hydrogens (tertiary/aromatic N) is 3. The van der Waals surface area contributed by atoms with Crippen molar-refractivity contribution in [1.29, 1.82) is 0 Å². The van der Waals surface area contributed by atoms with Gasteiger partial charge >= 0.3 is 6.09 Å². The molecule has 0 spiro atoms. The van der Waals surface area contributed by atoms with Gasteiger partial charge in [-0.15, -0.1) is 0 Å². The lowest BCUT2D eigenvalue weighted by Crippen LogP contribution is -2.18. The molecule has 2 aromatic carbocycles. The summed E-state index contributed by atoms with van der Waals surface area (Å²) in [6.07, 6.45) is 4.12. The molecule has 1 aliphatic carbocycles. The molecule has 34 heavy (non-hydrogen) atoms. The highest BCUT2D eigenvalue weighted by Crippen LogP contribution is 2.41. The summed E-state index contributed by atoms with van der Waals surface area (Å²) in [6, 6.07) is 17.7. The van der Waals surface area contributed by atoms with Crippen molar-refractivity contribution in [2.24, 2.45) is 0 Å². The Morgan fingerprint density at radius 3 is 2.71 bits per heavy atom. The standard InChI is InChI=1S/C26H22ClFN4O2/c1-16(20-4-2-3-5-22(20)27)34-26(33)31-25-12-13-30-32(25)19-9-11-24(29-15-19)18-8-10-21(17-6-7-17)23(28)14-18/h2-5,8-17H,6-7H2,1H3,(H,31,33). The van der Waals surface area contributed by atoms with Crippen molar-refractivity contribution in [3.05, 3.63) is 95.0 Å². The lowest BCUT2D eigenvalue weighted by molar-refractivity contribution is 0.121. The van der Waals surface area contributed by atoms with Gasteiger partial charge in [0.05, 0.1) is 23.8 Å². The van der Waals surface area contributed by atoms with Crippen LogP contribution in [0.15, 0.2) is 73.1 Å². The summed E-state index contributed by atoms with van der Waals surface area (Å²) < 4.78 is 21.4. The van der Waals surface area contributed by atoms with Crippen LogP contribution in [-0.4, -0.2) is 20.9 Å². The van der Waals surface area contributed by atoms with Gasteiger partial charge in [0.2, 0.25) is 0 Å². The Bertz CT molecular complexity index is 1330. The maximum atomic E-state index is 14.4. The van der Waals surface area contributed by atoms with Gasteiger partial charge < -0.3 is 4.74 Å². The molecule has 1 fully saturated rings. The number of pyridine rings is 1. The van der Waals surface area contributed by atoms with Crippen molar-refractivity contribution in [3.8, 4) is 16.9 Å². The van der Waals surface area contributed by atoms with E-state index in [-0.39, 0.29) is 5.82 Å². The first-order valence-corrected chi connectivity index (χ1v) is 11.4. The highest BCUT2D eigenvalue weighted by molar-refractivity contribution is 6.31. The molecule has 5 rings (SSSR count). The second-order valence-electron chi connectivity index (χ2n) is 8.23. The molecule has 1 saturated carbocycles. The molecule has 8 heteroatoms. The second kappa shape index (κ2) is 9.27. The Morgan fingerprint density at radius 2 is 2.00 bits per heavy atom. The number of hydrogen-bond acceptors (Lipinski definition) is 4. The molecule has 1 aliphatic rings. The van der Waals surface area contributed by atoms with Gasteiger partial charge in [0, 0.05) is 22.2 Å². The molecule has 1 N–H and O–H groups in total. The number of anilines is 1. The fourth-order valence-corrected chi connectivity index (χ4v) is 4.15. The zero-order valence-corrected chi connectivity index (χ0v) is 19.2. The largest absolute Gasteiger partial charge is 0.441 e. The number of hydrogen-bond donors (Lipinski definition) is 1. The minimum Gasteiger partial charge on any atom is -0.441 e. The van der Waals surface area contributed by atoms with Crippen molar-refractivity contribution >= 4 is 23.5 Å². The molecule has 1 amide bonds. The van der Waals surface area contributed by atoms with Gasteiger partial charge in [0.15, 0.2) is 0 Å². The Kier molecular flexibility index (Phi) is 6.02. The monoisotopic (exact) mass is 476 g/mol. The van der Waals surface area contributed by atoms with Crippen molar-refractivity contribution in [3.63, 3.8) is 0 Å². The Balaban J connectivity index is 1.28. The quantitative estimate of drug-likeness (QED) is 0.328. The van der Waals surface area contributed by atoms with Gasteiger partial charge in [-0.3, -0.25) is 10.3 Å². The number of aromatic nitrogens is 3. The number of nitrogens with one attached hydrogen (secondary N) is 1. The van der Waals surface area contributed by atoms with Crippen LogP contribution in [0.25, 0.3) is 16.9 Å². The minimum atomic E-state index is -0.634. The van der Waals surface area contributed by atoms with Crippen LogP contribution in [0.4, 0.5) is 15.0 Å². The molecule has 6 nitrogen and oxygen atoms in total. The summed E-state index contributed by atoms with van der Waals surface area (Å²) in [7, 11) is 0. The molecule has 1 unspecified atom stereocenters. The smallest absolute Gasteiger partial charge is 0.413 e. The van der Waals surface area contributed by atoms with Gasteiger partial charge in [-0.1, -0.05) is 41.9 Å². The van der Waals surface area contributed by atoms with E-state index in [1.165, 1.54) is 10.7 Å². The predicted octanol–water partition coefficient (Wildman–Crippen LogP) is 6.91. The van der Waals surface area contributed by atoms with E-state index in [0.29, 0.717) is 39.3 Å². The fourth-order valence-electron chi connectivity index (χ4n) is 3.86. The number of carbonyl (C=O) groups excluding carboxylic acids is 1. The lowest BCUT2D eigenvalue weighted by atomic mass is 10.0. The molecular formula is C26H22ClFN4O2. The van der Waals surface area contributed by atoms with Crippen LogP contribution in [0, 0.1) is 5.82 Å². The molecule has 0 bridgehead atoms. The summed E-state index contributed by atoms with van der Waals surface area (Å²) in [6.45, 7) is 1.75. The van der Waals surface area contributed by atoms with Crippen LogP contribution in [0.3, 0.4) is 0 Å². The molecular weight excluding hydrogens is 455 g/mol. The third-order valence-corrected chi connectivity index (χ3v) is 6.15. The first kappa shape index (κ1) is 22.1. The van der Waals surface area contributed by atoms with E-state index >= 15 is 0 Å². The normalized spacial score (nSPS) is 14.0. The zero-order chi connectivity index (χ0) is 23.7. The topological polar surface area (TPSA) is 69.0 Å². The SMILES string of the molecule is CC(OC(=O)Nc1ccnn1-c1ccc(-c2ccc(C3CC3)c(F)c2)nc1)c1ccccc1Cl. The van der Waals surface area contributed by atoms with Gasteiger partial charge in [0.25, 0.3) is 0 Å². The second-order valence-corrected chi connectivity index (χ2v) is 8.64. The highest BCUT2D eigenvalue weighted by Gasteiger charge is 2.26. The van der Waals surface area contributed by atoms with Gasteiger partial charge in [-0.25, -0.2) is 13.9 Å². The maximum Gasteiger partial charge on any atom is 0.413 e. The average Bonchev–Trinajstić information content (AvgIpc) is 3.57. The Morgan fingerprint density at radius 1 is 1.18 bits per heavy atom. The summed E-state index contributed by atoms with van der Waals surface area (Å²) in [4.78, 5) is 16.9. The van der Waals surface area contributed by atoms with Crippen molar-refractivity contribution in [1.82, 2.24) is 14.8 Å². The molecule has 0 radical (unpaired) electrons. The first-order valence-electron chi connectivity index (χ1n) is 11.0. The van der Waals surface area contributed by atoms with Gasteiger partial charge in [-0.2, -0.15) is 5.10 Å². The van der Waals surface area contributed by atoms with Crippen LogP contribution < -0.4 is 5.32 Å².